The third-order valence-electron chi connectivity index (χ3n) is 8.96. The Kier molecular flexibility index (Phi) is 6.40. The van der Waals surface area contributed by atoms with Crippen LogP contribution in [-0.4, -0.2) is 75.8 Å². The molecule has 4 fully saturated rings. The Bertz CT molecular complexity index is 1260. The summed E-state index contributed by atoms with van der Waals surface area (Å²) in [7, 11) is 0. The van der Waals surface area contributed by atoms with E-state index in [1.54, 1.807) is 4.90 Å². The topological polar surface area (TPSA) is 82.2 Å². The lowest BCUT2D eigenvalue weighted by Gasteiger charge is -2.44. The number of likely N-dealkylation sites (tertiary alicyclic amines) is 1. The lowest BCUT2D eigenvalue weighted by atomic mass is 9.98. The van der Waals surface area contributed by atoms with Gasteiger partial charge in [0, 0.05) is 56.3 Å². The molecular formula is C31H36N4O4. The number of hydrogen-bond donors (Lipinski definition) is 1. The molecule has 0 bridgehead atoms. The highest BCUT2D eigenvalue weighted by Gasteiger charge is 2.47. The van der Waals surface area contributed by atoms with Crippen molar-refractivity contribution in [3.63, 3.8) is 0 Å². The molecule has 3 heterocycles. The standard InChI is InChI=1S/C31H36N4O4/c36-29-13-12-27(30(37)32-29)34-18-21-16-24(10-11-25(21)31(34)38)39-28-19-33(17-20-4-2-1-3-5-20)15-14-26(28)35(22-6-7-22)23-8-9-23/h1-5,10-11,16,22-23,26-28H,6-9,12-15,17-19H2,(H,32,36,37)/t26-,27?,28?/m1/s1. The molecule has 7 rings (SSSR count). The number of ether oxygens (including phenoxy) is 1. The van der Waals surface area contributed by atoms with Crippen molar-refractivity contribution in [3.05, 3.63) is 65.2 Å². The first-order valence-electron chi connectivity index (χ1n) is 14.5. The number of benzene rings is 2. The maximum Gasteiger partial charge on any atom is 0.255 e. The number of rotatable bonds is 8. The smallest absolute Gasteiger partial charge is 0.255 e. The minimum absolute atomic E-state index is 0.0463. The van der Waals surface area contributed by atoms with Crippen molar-refractivity contribution in [3.8, 4) is 5.75 Å². The van der Waals surface area contributed by atoms with Crippen LogP contribution >= 0.6 is 0 Å². The van der Waals surface area contributed by atoms with Gasteiger partial charge in [0.2, 0.25) is 11.8 Å². The Hall–Kier alpha value is -3.23. The van der Waals surface area contributed by atoms with E-state index in [0.29, 0.717) is 36.7 Å². The van der Waals surface area contributed by atoms with E-state index < -0.39 is 6.04 Å². The second-order valence-electron chi connectivity index (χ2n) is 11.9. The molecule has 2 aromatic carbocycles. The van der Waals surface area contributed by atoms with E-state index in [-0.39, 0.29) is 30.2 Å². The predicted octanol–water partition coefficient (Wildman–Crippen LogP) is 3.10. The van der Waals surface area contributed by atoms with Gasteiger partial charge in [0.25, 0.3) is 5.91 Å². The highest BCUT2D eigenvalue weighted by molar-refractivity contribution is 6.05. The van der Waals surface area contributed by atoms with E-state index in [2.05, 4.69) is 45.4 Å². The summed E-state index contributed by atoms with van der Waals surface area (Å²) in [6.45, 7) is 3.21. The molecule has 3 aliphatic heterocycles. The summed E-state index contributed by atoms with van der Waals surface area (Å²) in [4.78, 5) is 44.1. The van der Waals surface area contributed by atoms with Gasteiger partial charge in [0.05, 0.1) is 0 Å². The Morgan fingerprint density at radius 3 is 2.41 bits per heavy atom. The Balaban J connectivity index is 1.10. The van der Waals surface area contributed by atoms with Crippen LogP contribution in [0.15, 0.2) is 48.5 Å². The fourth-order valence-electron chi connectivity index (χ4n) is 6.79. The number of piperidine rings is 2. The number of carbonyl (C=O) groups is 3. The van der Waals surface area contributed by atoms with Crippen molar-refractivity contribution in [1.29, 1.82) is 0 Å². The van der Waals surface area contributed by atoms with Gasteiger partial charge in [0.1, 0.15) is 17.9 Å². The largest absolute Gasteiger partial charge is 0.487 e. The average Bonchev–Trinajstić information content (AvgIpc) is 3.86. The quantitative estimate of drug-likeness (QED) is 0.531. The highest BCUT2D eigenvalue weighted by atomic mass is 16.5. The molecule has 3 amide bonds. The minimum atomic E-state index is -0.605. The summed E-state index contributed by atoms with van der Waals surface area (Å²) in [5.74, 6) is -0.0161. The number of nitrogens with one attached hydrogen (secondary N) is 1. The maximum atomic E-state index is 13.2. The zero-order chi connectivity index (χ0) is 26.5. The molecule has 0 spiro atoms. The van der Waals surface area contributed by atoms with E-state index in [1.807, 2.05) is 18.2 Å². The number of imide groups is 1. The summed E-state index contributed by atoms with van der Waals surface area (Å²) < 4.78 is 6.81. The van der Waals surface area contributed by atoms with Crippen LogP contribution in [0.3, 0.4) is 0 Å². The molecule has 204 valence electrons. The first-order valence-corrected chi connectivity index (χ1v) is 14.5. The normalized spacial score (nSPS) is 27.6. The van der Waals surface area contributed by atoms with Gasteiger partial charge in [-0.2, -0.15) is 0 Å². The first-order chi connectivity index (χ1) is 19.0. The number of hydrogen-bond acceptors (Lipinski definition) is 6. The number of fused-ring (bicyclic) bond motifs is 1. The molecule has 39 heavy (non-hydrogen) atoms. The van der Waals surface area contributed by atoms with Crippen LogP contribution in [0, 0.1) is 0 Å². The molecule has 1 N–H and O–H groups in total. The third-order valence-corrected chi connectivity index (χ3v) is 8.96. The van der Waals surface area contributed by atoms with E-state index in [0.717, 1.165) is 37.4 Å². The number of carbonyl (C=O) groups excluding carboxylic acids is 3. The molecule has 3 atom stereocenters. The van der Waals surface area contributed by atoms with Crippen molar-refractivity contribution in [1.82, 2.24) is 20.0 Å². The van der Waals surface area contributed by atoms with Crippen LogP contribution in [0.1, 0.15) is 66.4 Å². The summed E-state index contributed by atoms with van der Waals surface area (Å²) in [6.07, 6.45) is 6.95. The van der Waals surface area contributed by atoms with Gasteiger partial charge in [-0.05, 0) is 67.9 Å². The molecule has 8 nitrogen and oxygen atoms in total. The second kappa shape index (κ2) is 10.1. The number of nitrogens with zero attached hydrogens (tertiary/aromatic N) is 3. The molecule has 0 radical (unpaired) electrons. The van der Waals surface area contributed by atoms with Crippen LogP contribution < -0.4 is 10.1 Å². The van der Waals surface area contributed by atoms with Crippen LogP contribution in [-0.2, 0) is 22.7 Å². The van der Waals surface area contributed by atoms with Crippen LogP contribution in [0.25, 0.3) is 0 Å². The van der Waals surface area contributed by atoms with Crippen molar-refractivity contribution >= 4 is 17.7 Å². The maximum absolute atomic E-state index is 13.2. The molecule has 5 aliphatic rings. The number of amides is 3. The summed E-state index contributed by atoms with van der Waals surface area (Å²) in [6, 6.07) is 17.6. The molecule has 2 unspecified atom stereocenters. The fourth-order valence-corrected chi connectivity index (χ4v) is 6.79. The molecule has 2 aliphatic carbocycles. The Morgan fingerprint density at radius 2 is 1.69 bits per heavy atom. The van der Waals surface area contributed by atoms with Gasteiger partial charge in [0.15, 0.2) is 0 Å². The van der Waals surface area contributed by atoms with Gasteiger partial charge in [-0.25, -0.2) is 0 Å². The lowest BCUT2D eigenvalue weighted by Crippen LogP contribution is -2.57. The summed E-state index contributed by atoms with van der Waals surface area (Å²) >= 11 is 0. The van der Waals surface area contributed by atoms with Crippen LogP contribution in [0.2, 0.25) is 0 Å². The Morgan fingerprint density at radius 1 is 0.923 bits per heavy atom. The van der Waals surface area contributed by atoms with Crippen molar-refractivity contribution < 1.29 is 19.1 Å². The van der Waals surface area contributed by atoms with Gasteiger partial charge in [-0.15, -0.1) is 0 Å². The fraction of sp³-hybridized carbons (Fsp3) is 0.516. The molecular weight excluding hydrogens is 492 g/mol. The minimum Gasteiger partial charge on any atom is -0.487 e. The summed E-state index contributed by atoms with van der Waals surface area (Å²) in [5, 5.41) is 2.38. The monoisotopic (exact) mass is 528 g/mol. The van der Waals surface area contributed by atoms with E-state index in [4.69, 9.17) is 4.74 Å². The van der Waals surface area contributed by atoms with Gasteiger partial charge in [-0.1, -0.05) is 30.3 Å². The van der Waals surface area contributed by atoms with Crippen LogP contribution in [0.5, 0.6) is 5.75 Å². The predicted molar refractivity (Wildman–Crippen MR) is 145 cm³/mol. The van der Waals surface area contributed by atoms with Gasteiger partial charge >= 0.3 is 0 Å². The van der Waals surface area contributed by atoms with Crippen LogP contribution in [0.4, 0.5) is 0 Å². The van der Waals surface area contributed by atoms with E-state index in [1.165, 1.54) is 31.2 Å². The second-order valence-corrected chi connectivity index (χ2v) is 11.9. The lowest BCUT2D eigenvalue weighted by molar-refractivity contribution is -0.136. The zero-order valence-corrected chi connectivity index (χ0v) is 22.3. The summed E-state index contributed by atoms with van der Waals surface area (Å²) in [5.41, 5.74) is 2.83. The van der Waals surface area contributed by atoms with E-state index >= 15 is 0 Å². The van der Waals surface area contributed by atoms with Crippen molar-refractivity contribution in [2.24, 2.45) is 0 Å². The zero-order valence-electron chi connectivity index (χ0n) is 22.3. The molecule has 2 saturated carbocycles. The third kappa shape index (κ3) is 5.08. The van der Waals surface area contributed by atoms with Gasteiger partial charge in [-0.3, -0.25) is 29.5 Å². The molecule has 8 heteroatoms. The van der Waals surface area contributed by atoms with Gasteiger partial charge < -0.3 is 9.64 Å². The molecule has 0 aromatic heterocycles. The Labute approximate surface area is 229 Å². The average molecular weight is 529 g/mol. The SMILES string of the molecule is O=C1CCC(N2Cc3cc(OC4CN(Cc5ccccc5)CC[C@H]4N(C4CC4)C4CC4)ccc3C2=O)C(=O)N1. The van der Waals surface area contributed by atoms with Crippen molar-refractivity contribution in [2.75, 3.05) is 13.1 Å². The molecule has 2 saturated heterocycles. The van der Waals surface area contributed by atoms with Crippen molar-refractivity contribution in [2.45, 2.75) is 88.3 Å². The molecule has 2 aromatic rings. The highest BCUT2D eigenvalue weighted by Crippen LogP contribution is 2.42. The van der Waals surface area contributed by atoms with E-state index in [9.17, 15) is 14.4 Å². The first kappa shape index (κ1) is 24.8.